The monoisotopic (exact) mass is 622 g/mol. The van der Waals surface area contributed by atoms with E-state index in [1.165, 1.54) is 23.9 Å². The minimum absolute atomic E-state index is 0.00142. The molecule has 13 heteroatoms. The van der Waals surface area contributed by atoms with E-state index >= 15 is 0 Å². The molecule has 2 aromatic carbocycles. The highest BCUT2D eigenvalue weighted by atomic mass is 32.2. The summed E-state index contributed by atoms with van der Waals surface area (Å²) < 4.78 is 37.5. The van der Waals surface area contributed by atoms with Gasteiger partial charge in [-0.05, 0) is 36.8 Å². The fourth-order valence-electron chi connectivity index (χ4n) is 5.50. The summed E-state index contributed by atoms with van der Waals surface area (Å²) in [6, 6.07) is 12.2. The SMILES string of the molecule is C[C@@H]1CN([C@H](C)CO)C(=O)c2cc(NC(=O)Cc3cn(C)c4ccccc34)ccc2O[C@H]1CN(C)S(=O)(=O)c1cn(C)cn1. The van der Waals surface area contributed by atoms with Crippen LogP contribution in [0.3, 0.4) is 0 Å². The minimum Gasteiger partial charge on any atom is -0.488 e. The van der Waals surface area contributed by atoms with Crippen molar-refractivity contribution in [2.75, 3.05) is 32.1 Å². The number of carbonyl (C=O) groups excluding carboxylic acids is 2. The molecule has 234 valence electrons. The normalized spacial score (nSPS) is 18.1. The van der Waals surface area contributed by atoms with Gasteiger partial charge >= 0.3 is 0 Å². The number of nitrogens with zero attached hydrogens (tertiary/aromatic N) is 5. The lowest BCUT2D eigenvalue weighted by Gasteiger charge is -2.38. The topological polar surface area (TPSA) is 139 Å². The van der Waals surface area contributed by atoms with E-state index < -0.39 is 22.2 Å². The van der Waals surface area contributed by atoms with E-state index in [0.717, 1.165) is 16.5 Å². The Bertz CT molecular complexity index is 1800. The lowest BCUT2D eigenvalue weighted by Crippen LogP contribution is -2.50. The van der Waals surface area contributed by atoms with Crippen molar-refractivity contribution in [2.24, 2.45) is 20.0 Å². The van der Waals surface area contributed by atoms with Crippen LogP contribution in [0.5, 0.6) is 5.75 Å². The Morgan fingerprint density at radius 2 is 1.95 bits per heavy atom. The Labute approximate surface area is 256 Å². The first kappa shape index (κ1) is 31.2. The minimum atomic E-state index is -3.89. The van der Waals surface area contributed by atoms with Gasteiger partial charge in [0.25, 0.3) is 15.9 Å². The van der Waals surface area contributed by atoms with Crippen LogP contribution in [0.25, 0.3) is 10.9 Å². The van der Waals surface area contributed by atoms with Crippen LogP contribution in [-0.4, -0.2) is 87.6 Å². The van der Waals surface area contributed by atoms with Gasteiger partial charge in [-0.3, -0.25) is 9.59 Å². The van der Waals surface area contributed by atoms with E-state index in [4.69, 9.17) is 4.74 Å². The zero-order chi connectivity index (χ0) is 31.8. The van der Waals surface area contributed by atoms with Crippen LogP contribution in [-0.2, 0) is 35.3 Å². The lowest BCUT2D eigenvalue weighted by molar-refractivity contribution is -0.115. The number of likely N-dealkylation sites (N-methyl/N-ethyl adjacent to an activating group) is 1. The number of amides is 2. The maximum absolute atomic E-state index is 13.8. The number of fused-ring (bicyclic) bond motifs is 2. The van der Waals surface area contributed by atoms with Crippen molar-refractivity contribution >= 4 is 38.4 Å². The van der Waals surface area contributed by atoms with E-state index in [2.05, 4.69) is 10.3 Å². The molecular weight excluding hydrogens is 584 g/mol. The summed E-state index contributed by atoms with van der Waals surface area (Å²) >= 11 is 0. The second-order valence-electron chi connectivity index (χ2n) is 11.5. The van der Waals surface area contributed by atoms with E-state index in [0.29, 0.717) is 5.69 Å². The second-order valence-corrected chi connectivity index (χ2v) is 13.5. The summed E-state index contributed by atoms with van der Waals surface area (Å²) in [5.41, 5.74) is 2.54. The number of sulfonamides is 1. The molecule has 0 unspecified atom stereocenters. The van der Waals surface area contributed by atoms with Crippen LogP contribution in [0.4, 0.5) is 5.69 Å². The van der Waals surface area contributed by atoms with E-state index in [1.807, 2.05) is 49.0 Å². The first-order valence-corrected chi connectivity index (χ1v) is 15.8. The Balaban J connectivity index is 1.41. The van der Waals surface area contributed by atoms with E-state index in [-0.39, 0.29) is 60.2 Å². The molecule has 0 spiro atoms. The van der Waals surface area contributed by atoms with Gasteiger partial charge in [0.1, 0.15) is 11.9 Å². The van der Waals surface area contributed by atoms with Gasteiger partial charge in [0.05, 0.1) is 37.5 Å². The number of aryl methyl sites for hydroxylation is 2. The number of imidazole rings is 1. The standard InChI is InChI=1S/C31H38N6O6S/c1-20-14-37(21(2)18-38)31(40)25-13-23(33-29(39)12-22-15-35(4)26-9-7-6-8-24(22)26)10-11-27(25)43-28(20)16-36(5)44(41,42)30-17-34(3)19-32-30/h6-11,13,15,17,19-21,28,38H,12,14,16,18H2,1-5H3,(H,33,39)/t20-,21-,28+/m1/s1. The molecular formula is C31H38N6O6S. The number of para-hydroxylation sites is 1. The van der Waals surface area contributed by atoms with Crippen LogP contribution in [0.2, 0.25) is 0 Å². The molecule has 0 fully saturated rings. The number of aromatic nitrogens is 3. The summed E-state index contributed by atoms with van der Waals surface area (Å²) in [6.07, 6.45) is 4.30. The fourth-order valence-corrected chi connectivity index (χ4v) is 6.64. The summed E-state index contributed by atoms with van der Waals surface area (Å²) in [5, 5.41) is 13.8. The number of benzene rings is 2. The zero-order valence-electron chi connectivity index (χ0n) is 25.5. The molecule has 5 rings (SSSR count). The Morgan fingerprint density at radius 1 is 1.20 bits per heavy atom. The van der Waals surface area contributed by atoms with Gasteiger partial charge < -0.3 is 29.2 Å². The molecule has 2 amide bonds. The maximum atomic E-state index is 13.8. The molecule has 0 aliphatic carbocycles. The van der Waals surface area contributed by atoms with Crippen molar-refractivity contribution in [1.82, 2.24) is 23.3 Å². The van der Waals surface area contributed by atoms with Gasteiger partial charge in [-0.25, -0.2) is 13.4 Å². The van der Waals surface area contributed by atoms with Crippen LogP contribution < -0.4 is 10.1 Å². The lowest BCUT2D eigenvalue weighted by atomic mass is 9.99. The number of carbonyl (C=O) groups is 2. The smallest absolute Gasteiger partial charge is 0.261 e. The molecule has 2 aromatic heterocycles. The van der Waals surface area contributed by atoms with Gasteiger partial charge in [0.15, 0.2) is 5.03 Å². The average molecular weight is 623 g/mol. The van der Waals surface area contributed by atoms with Crippen molar-refractivity contribution in [3.8, 4) is 5.75 Å². The molecule has 2 N–H and O–H groups in total. The number of anilines is 1. The summed E-state index contributed by atoms with van der Waals surface area (Å²) in [6.45, 7) is 3.59. The number of aliphatic hydroxyl groups is 1. The fraction of sp³-hybridized carbons (Fsp3) is 0.387. The predicted octanol–water partition coefficient (Wildman–Crippen LogP) is 2.63. The third kappa shape index (κ3) is 6.21. The highest BCUT2D eigenvalue weighted by Crippen LogP contribution is 2.31. The largest absolute Gasteiger partial charge is 0.488 e. The van der Waals surface area contributed by atoms with Crippen molar-refractivity contribution in [3.63, 3.8) is 0 Å². The Hall–Kier alpha value is -4.20. The zero-order valence-corrected chi connectivity index (χ0v) is 26.3. The molecule has 0 saturated carbocycles. The van der Waals surface area contributed by atoms with Crippen LogP contribution >= 0.6 is 0 Å². The highest BCUT2D eigenvalue weighted by molar-refractivity contribution is 7.89. The molecule has 1 aliphatic rings. The van der Waals surface area contributed by atoms with Crippen molar-refractivity contribution in [2.45, 2.75) is 37.4 Å². The Kier molecular flexibility index (Phi) is 8.82. The number of rotatable bonds is 9. The third-order valence-electron chi connectivity index (χ3n) is 8.07. The quantitative estimate of drug-likeness (QED) is 0.293. The molecule has 1 aliphatic heterocycles. The number of nitrogens with one attached hydrogen (secondary N) is 1. The molecule has 0 radical (unpaired) electrons. The maximum Gasteiger partial charge on any atom is 0.261 e. The third-order valence-corrected chi connectivity index (χ3v) is 9.78. The van der Waals surface area contributed by atoms with Crippen LogP contribution in [0, 0.1) is 5.92 Å². The van der Waals surface area contributed by atoms with Crippen LogP contribution in [0.15, 0.2) is 66.2 Å². The predicted molar refractivity (Wildman–Crippen MR) is 166 cm³/mol. The van der Waals surface area contributed by atoms with E-state index in [1.54, 1.807) is 41.6 Å². The molecule has 44 heavy (non-hydrogen) atoms. The summed E-state index contributed by atoms with van der Waals surface area (Å²) in [4.78, 5) is 32.5. The van der Waals surface area contributed by atoms with Gasteiger partial charge in [0, 0.05) is 62.6 Å². The Morgan fingerprint density at radius 3 is 2.66 bits per heavy atom. The van der Waals surface area contributed by atoms with Gasteiger partial charge in [-0.1, -0.05) is 25.1 Å². The molecule has 3 atom stereocenters. The molecule has 3 heterocycles. The van der Waals surface area contributed by atoms with E-state index in [9.17, 15) is 23.1 Å². The van der Waals surface area contributed by atoms with Crippen molar-refractivity contribution in [1.29, 1.82) is 0 Å². The summed E-state index contributed by atoms with van der Waals surface area (Å²) in [7, 11) is 1.20. The molecule has 4 aromatic rings. The first-order chi connectivity index (χ1) is 20.9. The van der Waals surface area contributed by atoms with Gasteiger partial charge in [-0.2, -0.15) is 4.31 Å². The van der Waals surface area contributed by atoms with Crippen molar-refractivity contribution < 1.29 is 27.9 Å². The van der Waals surface area contributed by atoms with Gasteiger partial charge in [0.2, 0.25) is 5.91 Å². The molecule has 0 saturated heterocycles. The number of aliphatic hydroxyl groups excluding tert-OH is 1. The molecule has 0 bridgehead atoms. The van der Waals surface area contributed by atoms with Gasteiger partial charge in [-0.15, -0.1) is 0 Å². The molecule has 12 nitrogen and oxygen atoms in total. The van der Waals surface area contributed by atoms with Crippen molar-refractivity contribution in [3.05, 3.63) is 72.3 Å². The van der Waals surface area contributed by atoms with Crippen LogP contribution in [0.1, 0.15) is 29.8 Å². The highest BCUT2D eigenvalue weighted by Gasteiger charge is 2.35. The second kappa shape index (κ2) is 12.4. The number of ether oxygens (including phenoxy) is 1. The average Bonchev–Trinajstić information content (AvgIpc) is 3.58. The summed E-state index contributed by atoms with van der Waals surface area (Å²) in [5.74, 6) is -0.625. The number of hydrogen-bond acceptors (Lipinski definition) is 7. The first-order valence-electron chi connectivity index (χ1n) is 14.4. The number of hydrogen-bond donors (Lipinski definition) is 2.